The lowest BCUT2D eigenvalue weighted by molar-refractivity contribution is -0.905. The van der Waals surface area contributed by atoms with E-state index in [4.69, 9.17) is 39.2 Å². The number of halogens is 1. The number of hydrogen-bond acceptors (Lipinski definition) is 11. The zero-order valence-corrected chi connectivity index (χ0v) is 29.6. The number of aliphatic hydroxyl groups excluding tert-OH is 1. The van der Waals surface area contributed by atoms with Crippen LogP contribution in [0.2, 0.25) is 0 Å². The number of benzene rings is 3. The van der Waals surface area contributed by atoms with Gasteiger partial charge in [0.1, 0.15) is 61.8 Å². The minimum atomic E-state index is -0.528. The lowest BCUT2D eigenvalue weighted by Crippen LogP contribution is -2.27. The van der Waals surface area contributed by atoms with Gasteiger partial charge in [0, 0.05) is 35.3 Å². The number of para-hydroxylation sites is 3. The molecule has 6 rings (SSSR count). The molecule has 0 bridgehead atoms. The first-order valence-corrected chi connectivity index (χ1v) is 16.5. The average Bonchev–Trinajstić information content (AvgIpc) is 3.20. The highest BCUT2D eigenvalue weighted by Crippen LogP contribution is 2.11. The van der Waals surface area contributed by atoms with Crippen molar-refractivity contribution in [2.75, 3.05) is 39.6 Å². The van der Waals surface area contributed by atoms with Gasteiger partial charge in [-0.25, -0.2) is 0 Å². The van der Waals surface area contributed by atoms with Crippen molar-refractivity contribution in [3.8, 4) is 28.7 Å². The monoisotopic (exact) mass is 764 g/mol. The lowest BCUT2D eigenvalue weighted by atomic mass is 10.3. The molecule has 292 valence electrons. The van der Waals surface area contributed by atoms with Crippen LogP contribution in [0.5, 0.6) is 28.7 Å². The van der Waals surface area contributed by atoms with Gasteiger partial charge in [-0.05, 0) is 42.5 Å². The molecule has 55 heavy (non-hydrogen) atoms. The Morgan fingerprint density at radius 2 is 0.927 bits per heavy atom. The second-order valence-corrected chi connectivity index (χ2v) is 10.4. The van der Waals surface area contributed by atoms with Gasteiger partial charge >= 0.3 is 0 Å². The summed E-state index contributed by atoms with van der Waals surface area (Å²) < 4.78 is 28.5. The zero-order chi connectivity index (χ0) is 38.6. The van der Waals surface area contributed by atoms with E-state index >= 15 is 0 Å². The Hall–Kier alpha value is -7.20. The normalized spacial score (nSPS) is 9.47. The van der Waals surface area contributed by atoms with Crippen molar-refractivity contribution in [2.24, 2.45) is 0 Å². The number of H-pyrrole nitrogens is 1. The van der Waals surface area contributed by atoms with E-state index in [0.717, 1.165) is 26.7 Å². The van der Waals surface area contributed by atoms with Crippen LogP contribution in [0.3, 0.4) is 0 Å². The first-order chi connectivity index (χ1) is 26.3. The van der Waals surface area contributed by atoms with Crippen LogP contribution < -0.4 is 38.7 Å². The third kappa shape index (κ3) is 19.8. The standard InChI is InChI=1S/C13H14NO3.C13H13NO3.C8H10O2.C5H5N2O3.FH.H2/c15-14-8-6-13(7-9-14)17-11-10-16-12-4-2-1-3-5-12;15-13-10-12(6-7-14-13)17-9-8-16-11-4-2-1-3-5-11;9-6-7-10-8-4-2-1-3-5-8;8-6-3-1-5(2-4-6)7(9)10;;/h1-9,15H,10-11H2;1-7,10H,8-9H2,(H,14,15);1-5,9H,6-7H2;1-4,8H;2*1H/q+1;;;+1;;. The summed E-state index contributed by atoms with van der Waals surface area (Å²) >= 11 is 0. The Morgan fingerprint density at radius 3 is 1.31 bits per heavy atom. The van der Waals surface area contributed by atoms with Crippen LogP contribution in [-0.2, 0) is 0 Å². The summed E-state index contributed by atoms with van der Waals surface area (Å²) in [5.41, 5.74) is -0.211. The van der Waals surface area contributed by atoms with Crippen molar-refractivity contribution in [3.63, 3.8) is 0 Å². The van der Waals surface area contributed by atoms with Gasteiger partial charge in [-0.3, -0.25) is 30.0 Å². The topological polar surface area (TPSA) is 191 Å². The summed E-state index contributed by atoms with van der Waals surface area (Å²) in [6.07, 6.45) is 6.95. The highest BCUT2D eigenvalue weighted by Gasteiger charge is 2.06. The number of ether oxygens (including phenoxy) is 5. The minimum absolute atomic E-state index is 0. The van der Waals surface area contributed by atoms with Gasteiger partial charge in [-0.1, -0.05) is 54.6 Å². The molecule has 0 saturated carbocycles. The third-order valence-electron chi connectivity index (χ3n) is 6.37. The molecule has 16 heteroatoms. The van der Waals surface area contributed by atoms with Crippen LogP contribution in [0.1, 0.15) is 1.43 Å². The van der Waals surface area contributed by atoms with Crippen molar-refractivity contribution in [2.45, 2.75) is 0 Å². The van der Waals surface area contributed by atoms with E-state index < -0.39 is 4.92 Å². The maximum absolute atomic E-state index is 11.0. The fourth-order valence-corrected chi connectivity index (χ4v) is 3.90. The molecule has 0 unspecified atom stereocenters. The van der Waals surface area contributed by atoms with Crippen LogP contribution >= 0.6 is 0 Å². The Kier molecular flexibility index (Phi) is 21.2. The predicted molar refractivity (Wildman–Crippen MR) is 200 cm³/mol. The summed E-state index contributed by atoms with van der Waals surface area (Å²) in [6, 6.07) is 37.4. The zero-order valence-electron chi connectivity index (χ0n) is 29.6. The Balaban J connectivity index is 0.000000380. The highest BCUT2D eigenvalue weighted by atomic mass is 19.0. The van der Waals surface area contributed by atoms with E-state index in [9.17, 15) is 14.9 Å². The first-order valence-electron chi connectivity index (χ1n) is 16.5. The van der Waals surface area contributed by atoms with Gasteiger partial charge < -0.3 is 33.8 Å². The number of rotatable bonds is 14. The fraction of sp³-hybridized carbons (Fsp3) is 0.154. The number of nitrogens with one attached hydrogen (secondary N) is 1. The molecule has 3 heterocycles. The quantitative estimate of drug-likeness (QED) is 0.0381. The summed E-state index contributed by atoms with van der Waals surface area (Å²) in [6.45, 7) is 2.22. The van der Waals surface area contributed by atoms with Gasteiger partial charge in [-0.2, -0.15) is 0 Å². The highest BCUT2D eigenvalue weighted by molar-refractivity contribution is 5.24. The molecule has 0 saturated heterocycles. The molecule has 6 aromatic rings. The Labute approximate surface area is 317 Å². The summed E-state index contributed by atoms with van der Waals surface area (Å²) in [7, 11) is 0. The number of nitro groups is 1. The van der Waals surface area contributed by atoms with Gasteiger partial charge in [-0.15, -0.1) is 0 Å². The van der Waals surface area contributed by atoms with Crippen LogP contribution in [0.25, 0.3) is 0 Å². The molecular formula is C39H45FN4O11+2. The molecule has 0 aliphatic carbocycles. The summed E-state index contributed by atoms with van der Waals surface area (Å²) in [5, 5.41) is 36.1. The van der Waals surface area contributed by atoms with E-state index in [1.165, 1.54) is 43.0 Å². The van der Waals surface area contributed by atoms with E-state index in [1.807, 2.05) is 91.0 Å². The number of nitrogens with zero attached hydrogens (tertiary/aromatic N) is 3. The molecule has 3 aromatic heterocycles. The summed E-state index contributed by atoms with van der Waals surface area (Å²) in [4.78, 5) is 23.0. The maximum atomic E-state index is 11.0. The average molecular weight is 765 g/mol. The van der Waals surface area contributed by atoms with Crippen molar-refractivity contribution >= 4 is 5.69 Å². The Bertz CT molecular complexity index is 1930. The second kappa shape index (κ2) is 26.6. The predicted octanol–water partition coefficient (Wildman–Crippen LogP) is 5.08. The van der Waals surface area contributed by atoms with Gasteiger partial charge in [0.25, 0.3) is 11.2 Å². The molecule has 0 aliphatic heterocycles. The number of aromatic nitrogens is 3. The fourth-order valence-electron chi connectivity index (χ4n) is 3.90. The van der Waals surface area contributed by atoms with Crippen molar-refractivity contribution < 1.29 is 59.7 Å². The number of hydrogen-bond donors (Lipinski definition) is 4. The molecule has 0 atom stereocenters. The SMILES string of the molecule is F.O=[N+]([O-])c1cc[n+](O)cc1.O=c1cc(OCCOc2ccccc2)cc[nH]1.OCCOc1ccccc1.O[n+]1ccc(OCCOc2ccccc2)cc1.[HH]. The molecule has 4 N–H and O–H groups in total. The van der Waals surface area contributed by atoms with Crippen molar-refractivity contribution in [1.82, 2.24) is 4.98 Å². The van der Waals surface area contributed by atoms with Crippen LogP contribution in [-0.4, -0.2) is 65.1 Å². The smallest absolute Gasteiger partial charge is 0.281 e. The van der Waals surface area contributed by atoms with Crippen LogP contribution in [0, 0.1) is 10.1 Å². The minimum Gasteiger partial charge on any atom is -0.491 e. The summed E-state index contributed by atoms with van der Waals surface area (Å²) in [5.74, 6) is 3.69. The molecule has 0 amide bonds. The molecular weight excluding hydrogens is 719 g/mol. The molecule has 3 aromatic carbocycles. The van der Waals surface area contributed by atoms with Crippen LogP contribution in [0.4, 0.5) is 10.4 Å². The van der Waals surface area contributed by atoms with Gasteiger partial charge in [0.05, 0.1) is 23.7 Å². The van der Waals surface area contributed by atoms with E-state index in [-0.39, 0.29) is 24.0 Å². The third-order valence-corrected chi connectivity index (χ3v) is 6.37. The second-order valence-electron chi connectivity index (χ2n) is 10.4. The number of pyridine rings is 3. The maximum Gasteiger partial charge on any atom is 0.281 e. The molecule has 0 spiro atoms. The van der Waals surface area contributed by atoms with Crippen molar-refractivity contribution in [1.29, 1.82) is 0 Å². The van der Waals surface area contributed by atoms with Crippen LogP contribution in [0.15, 0.2) is 163 Å². The van der Waals surface area contributed by atoms with Gasteiger partial charge in [0.2, 0.25) is 24.8 Å². The van der Waals surface area contributed by atoms with E-state index in [0.29, 0.717) is 44.5 Å². The number of aromatic amines is 1. The lowest BCUT2D eigenvalue weighted by Gasteiger charge is -2.07. The molecule has 0 radical (unpaired) electrons. The van der Waals surface area contributed by atoms with Gasteiger partial charge in [0.15, 0.2) is 0 Å². The largest absolute Gasteiger partial charge is 0.491 e. The molecule has 0 fully saturated rings. The Morgan fingerprint density at radius 1 is 0.564 bits per heavy atom. The molecule has 0 aliphatic rings. The molecule has 15 nitrogen and oxygen atoms in total. The van der Waals surface area contributed by atoms with E-state index in [1.54, 1.807) is 24.4 Å². The van der Waals surface area contributed by atoms with Crippen molar-refractivity contribution in [3.05, 3.63) is 179 Å². The first kappa shape index (κ1) is 44.0. The van der Waals surface area contributed by atoms with E-state index in [2.05, 4.69) is 4.98 Å². The number of aliphatic hydroxyl groups is 1.